The predicted molar refractivity (Wildman–Crippen MR) is 77.4 cm³/mol. The van der Waals surface area contributed by atoms with Crippen molar-refractivity contribution in [2.75, 3.05) is 5.32 Å². The number of aliphatic hydroxyl groups is 1. The molecule has 1 aliphatic heterocycles. The Morgan fingerprint density at radius 3 is 2.47 bits per heavy atom. The van der Waals surface area contributed by atoms with Crippen molar-refractivity contribution in [1.82, 2.24) is 0 Å². The van der Waals surface area contributed by atoms with Crippen LogP contribution in [0.3, 0.4) is 0 Å². The van der Waals surface area contributed by atoms with E-state index in [9.17, 15) is 9.90 Å². The highest BCUT2D eigenvalue weighted by Gasteiger charge is 2.32. The number of amides is 1. The lowest BCUT2D eigenvalue weighted by molar-refractivity contribution is -0.117. The van der Waals surface area contributed by atoms with Crippen LogP contribution >= 0.6 is 0 Å². The Bertz CT molecular complexity index is 520. The molecule has 0 fully saturated rings. The molecule has 0 saturated heterocycles. The van der Waals surface area contributed by atoms with Gasteiger partial charge in [0.2, 0.25) is 5.91 Å². The Balaban J connectivity index is 2.60. The van der Waals surface area contributed by atoms with Crippen molar-refractivity contribution in [2.45, 2.75) is 53.1 Å². The fourth-order valence-corrected chi connectivity index (χ4v) is 2.83. The second-order valence-electron chi connectivity index (χ2n) is 5.82. The minimum absolute atomic E-state index is 0.0765. The van der Waals surface area contributed by atoms with Crippen LogP contribution < -0.4 is 5.32 Å². The van der Waals surface area contributed by atoms with Gasteiger partial charge >= 0.3 is 0 Å². The molecule has 0 aromatic heterocycles. The van der Waals surface area contributed by atoms with Crippen LogP contribution in [-0.4, -0.2) is 11.0 Å². The summed E-state index contributed by atoms with van der Waals surface area (Å²) < 4.78 is 0. The molecule has 0 bridgehead atoms. The van der Waals surface area contributed by atoms with E-state index in [2.05, 4.69) is 5.32 Å². The van der Waals surface area contributed by atoms with Crippen molar-refractivity contribution < 1.29 is 9.90 Å². The summed E-state index contributed by atoms with van der Waals surface area (Å²) in [6.07, 6.45) is 0.315. The van der Waals surface area contributed by atoms with Gasteiger partial charge in [-0.25, -0.2) is 0 Å². The number of nitrogens with one attached hydrogen (secondary N) is 1. The average molecular weight is 261 g/mol. The number of aliphatic hydroxyl groups excluding tert-OH is 1. The maximum atomic E-state index is 12.0. The smallest absolute Gasteiger partial charge is 0.232 e. The third-order valence-electron chi connectivity index (χ3n) is 4.27. The van der Waals surface area contributed by atoms with Crippen LogP contribution in [0.15, 0.2) is 6.07 Å². The van der Waals surface area contributed by atoms with Crippen molar-refractivity contribution in [3.63, 3.8) is 0 Å². The molecule has 3 nitrogen and oxygen atoms in total. The third kappa shape index (κ3) is 2.16. The zero-order chi connectivity index (χ0) is 14.3. The highest BCUT2D eigenvalue weighted by Crippen LogP contribution is 2.41. The minimum Gasteiger partial charge on any atom is -0.388 e. The lowest BCUT2D eigenvalue weighted by Gasteiger charge is -2.21. The molecule has 3 heteroatoms. The van der Waals surface area contributed by atoms with Crippen molar-refractivity contribution in [3.8, 4) is 0 Å². The third-order valence-corrected chi connectivity index (χ3v) is 4.27. The van der Waals surface area contributed by atoms with Gasteiger partial charge in [-0.05, 0) is 48.4 Å². The van der Waals surface area contributed by atoms with E-state index in [1.807, 2.05) is 40.7 Å². The first kappa shape index (κ1) is 14.1. The topological polar surface area (TPSA) is 49.3 Å². The molecule has 0 aliphatic carbocycles. The van der Waals surface area contributed by atoms with Gasteiger partial charge in [0.05, 0.1) is 12.0 Å². The van der Waals surface area contributed by atoms with E-state index in [4.69, 9.17) is 0 Å². The Labute approximate surface area is 115 Å². The fourth-order valence-electron chi connectivity index (χ4n) is 2.83. The summed E-state index contributed by atoms with van der Waals surface area (Å²) in [6, 6.07) is 2.02. The van der Waals surface area contributed by atoms with Gasteiger partial charge in [0.15, 0.2) is 0 Å². The number of carbonyl (C=O) groups is 1. The zero-order valence-corrected chi connectivity index (χ0v) is 12.4. The van der Waals surface area contributed by atoms with Crippen molar-refractivity contribution in [1.29, 1.82) is 0 Å². The van der Waals surface area contributed by atoms with Gasteiger partial charge in [0.25, 0.3) is 0 Å². The monoisotopic (exact) mass is 261 g/mol. The summed E-state index contributed by atoms with van der Waals surface area (Å²) >= 11 is 0. The second-order valence-corrected chi connectivity index (χ2v) is 5.82. The van der Waals surface area contributed by atoms with Gasteiger partial charge in [0, 0.05) is 5.69 Å². The number of anilines is 1. The number of hydrogen-bond acceptors (Lipinski definition) is 2. The molecule has 0 saturated carbocycles. The van der Waals surface area contributed by atoms with Crippen LogP contribution in [0.4, 0.5) is 5.69 Å². The molecule has 2 rings (SSSR count). The molecule has 2 atom stereocenters. The van der Waals surface area contributed by atoms with E-state index < -0.39 is 6.10 Å². The van der Waals surface area contributed by atoms with Gasteiger partial charge in [-0.2, -0.15) is 0 Å². The van der Waals surface area contributed by atoms with Gasteiger partial charge in [-0.1, -0.05) is 26.8 Å². The summed E-state index contributed by atoms with van der Waals surface area (Å²) in [5.41, 5.74) is 5.12. The molecule has 0 spiro atoms. The van der Waals surface area contributed by atoms with Gasteiger partial charge < -0.3 is 10.4 Å². The van der Waals surface area contributed by atoms with E-state index in [0.717, 1.165) is 34.4 Å². The molecule has 1 amide bonds. The first-order chi connectivity index (χ1) is 8.88. The second kappa shape index (κ2) is 4.97. The number of benzene rings is 1. The van der Waals surface area contributed by atoms with E-state index >= 15 is 0 Å². The average Bonchev–Trinajstić information content (AvgIpc) is 2.68. The van der Waals surface area contributed by atoms with Gasteiger partial charge in [0.1, 0.15) is 0 Å². The Hall–Kier alpha value is -1.35. The van der Waals surface area contributed by atoms with Gasteiger partial charge in [-0.15, -0.1) is 0 Å². The summed E-state index contributed by atoms with van der Waals surface area (Å²) in [4.78, 5) is 12.0. The maximum Gasteiger partial charge on any atom is 0.232 e. The minimum atomic E-state index is -0.475. The van der Waals surface area contributed by atoms with Crippen LogP contribution in [0.2, 0.25) is 0 Å². The Morgan fingerprint density at radius 2 is 1.95 bits per heavy atom. The summed E-state index contributed by atoms with van der Waals surface area (Å²) in [5, 5.41) is 13.3. The molecule has 1 aromatic carbocycles. The molecule has 1 aliphatic rings. The number of hydrogen-bond donors (Lipinski definition) is 2. The molecule has 1 aromatic rings. The first-order valence-electron chi connectivity index (χ1n) is 7.01. The quantitative estimate of drug-likeness (QED) is 0.875. The van der Waals surface area contributed by atoms with E-state index in [1.165, 1.54) is 0 Å². The standard InChI is InChI=1S/C16H23NO2/c1-6-11-13-7-12(15(18)8(2)3)9(4)10(5)14(13)17-16(11)19/h7-8,11,15,18H,6H2,1-5H3,(H,17,19). The Kier molecular flexibility index (Phi) is 3.68. The molecule has 0 radical (unpaired) electrons. The number of rotatable bonds is 3. The summed E-state index contributed by atoms with van der Waals surface area (Å²) in [7, 11) is 0. The fraction of sp³-hybridized carbons (Fsp3) is 0.562. The van der Waals surface area contributed by atoms with E-state index in [0.29, 0.717) is 0 Å². The largest absolute Gasteiger partial charge is 0.388 e. The maximum absolute atomic E-state index is 12.0. The SMILES string of the molecule is CCC1C(=O)Nc2c1cc(C(O)C(C)C)c(C)c2C. The molecule has 104 valence electrons. The van der Waals surface area contributed by atoms with E-state index in [1.54, 1.807) is 0 Å². The van der Waals surface area contributed by atoms with Gasteiger partial charge in [-0.3, -0.25) is 4.79 Å². The summed E-state index contributed by atoms with van der Waals surface area (Å²) in [5.74, 6) is 0.171. The van der Waals surface area contributed by atoms with Crippen molar-refractivity contribution in [2.24, 2.45) is 5.92 Å². The normalized spacial score (nSPS) is 19.5. The number of fused-ring (bicyclic) bond motifs is 1. The lowest BCUT2D eigenvalue weighted by atomic mass is 9.87. The zero-order valence-electron chi connectivity index (χ0n) is 12.4. The highest BCUT2D eigenvalue weighted by atomic mass is 16.3. The van der Waals surface area contributed by atoms with E-state index in [-0.39, 0.29) is 17.7 Å². The van der Waals surface area contributed by atoms with Crippen LogP contribution in [0.25, 0.3) is 0 Å². The van der Waals surface area contributed by atoms with Crippen LogP contribution in [0, 0.1) is 19.8 Å². The molecule has 2 unspecified atom stereocenters. The predicted octanol–water partition coefficient (Wildman–Crippen LogP) is 3.44. The van der Waals surface area contributed by atoms with Crippen molar-refractivity contribution in [3.05, 3.63) is 28.3 Å². The lowest BCUT2D eigenvalue weighted by Crippen LogP contribution is -2.11. The van der Waals surface area contributed by atoms with Crippen LogP contribution in [0.5, 0.6) is 0 Å². The first-order valence-corrected chi connectivity index (χ1v) is 7.01. The molecule has 19 heavy (non-hydrogen) atoms. The van der Waals surface area contributed by atoms with Crippen LogP contribution in [0.1, 0.15) is 61.5 Å². The number of carbonyl (C=O) groups excluding carboxylic acids is 1. The molecule has 2 N–H and O–H groups in total. The van der Waals surface area contributed by atoms with Crippen molar-refractivity contribution >= 4 is 11.6 Å². The molecular formula is C16H23NO2. The Morgan fingerprint density at radius 1 is 1.32 bits per heavy atom. The highest BCUT2D eigenvalue weighted by molar-refractivity contribution is 6.04. The molecular weight excluding hydrogens is 238 g/mol. The van der Waals surface area contributed by atoms with Crippen LogP contribution in [-0.2, 0) is 4.79 Å². The summed E-state index contributed by atoms with van der Waals surface area (Å²) in [6.45, 7) is 10.1. The molecule has 1 heterocycles.